The summed E-state index contributed by atoms with van der Waals surface area (Å²) >= 11 is 3.36. The molecule has 0 radical (unpaired) electrons. The van der Waals surface area contributed by atoms with Gasteiger partial charge in [0.2, 0.25) is 0 Å². The summed E-state index contributed by atoms with van der Waals surface area (Å²) in [6, 6.07) is 5.03. The van der Waals surface area contributed by atoms with Crippen LogP contribution < -0.4 is 5.32 Å². The highest BCUT2D eigenvalue weighted by atomic mass is 79.9. The van der Waals surface area contributed by atoms with E-state index in [2.05, 4.69) is 21.2 Å². The molecule has 112 valence electrons. The van der Waals surface area contributed by atoms with E-state index in [0.29, 0.717) is 18.2 Å². The fourth-order valence-corrected chi connectivity index (χ4v) is 2.99. The van der Waals surface area contributed by atoms with E-state index in [9.17, 15) is 4.39 Å². The van der Waals surface area contributed by atoms with E-state index in [0.717, 1.165) is 24.0 Å². The van der Waals surface area contributed by atoms with Gasteiger partial charge >= 0.3 is 0 Å². The van der Waals surface area contributed by atoms with Gasteiger partial charge in [-0.25, -0.2) is 4.39 Å². The fraction of sp³-hybridized carbons (Fsp3) is 0.625. The lowest BCUT2D eigenvalue weighted by molar-refractivity contribution is 0.0273. The molecule has 0 amide bonds. The minimum atomic E-state index is -0.154. The molecule has 0 unspecified atom stereocenters. The monoisotopic (exact) mass is 343 g/mol. The molecule has 0 atom stereocenters. The molecule has 2 rings (SSSR count). The SMILES string of the molecule is Fc1ccc(Br)cc1CNCCCOC1CCCCC1. The second kappa shape index (κ2) is 8.75. The van der Waals surface area contributed by atoms with Gasteiger partial charge in [0.15, 0.2) is 0 Å². The number of rotatable bonds is 7. The van der Waals surface area contributed by atoms with Crippen molar-refractivity contribution in [1.29, 1.82) is 0 Å². The second-order valence-corrected chi connectivity index (χ2v) is 6.31. The Hall–Kier alpha value is -0.450. The van der Waals surface area contributed by atoms with E-state index in [-0.39, 0.29) is 5.82 Å². The van der Waals surface area contributed by atoms with Gasteiger partial charge in [-0.05, 0) is 44.0 Å². The predicted molar refractivity (Wildman–Crippen MR) is 83.2 cm³/mol. The Labute approximate surface area is 129 Å². The van der Waals surface area contributed by atoms with Crippen LogP contribution in [0.25, 0.3) is 0 Å². The molecule has 1 aliphatic carbocycles. The summed E-state index contributed by atoms with van der Waals surface area (Å²) in [7, 11) is 0. The van der Waals surface area contributed by atoms with E-state index in [1.807, 2.05) is 6.07 Å². The molecule has 1 aliphatic rings. The van der Waals surface area contributed by atoms with E-state index in [1.54, 1.807) is 6.07 Å². The highest BCUT2D eigenvalue weighted by Crippen LogP contribution is 2.20. The maximum atomic E-state index is 13.5. The van der Waals surface area contributed by atoms with Gasteiger partial charge in [-0.1, -0.05) is 35.2 Å². The van der Waals surface area contributed by atoms with Gasteiger partial charge in [0.25, 0.3) is 0 Å². The van der Waals surface area contributed by atoms with Gasteiger partial charge in [-0.3, -0.25) is 0 Å². The highest BCUT2D eigenvalue weighted by Gasteiger charge is 2.12. The molecular formula is C16H23BrFNO. The third-order valence-electron chi connectivity index (χ3n) is 3.73. The van der Waals surface area contributed by atoms with Crippen LogP contribution >= 0.6 is 15.9 Å². The summed E-state index contributed by atoms with van der Waals surface area (Å²) in [5.74, 6) is -0.154. The first-order valence-electron chi connectivity index (χ1n) is 7.52. The van der Waals surface area contributed by atoms with Crippen molar-refractivity contribution >= 4 is 15.9 Å². The predicted octanol–water partition coefficient (Wildman–Crippen LogP) is 4.42. The van der Waals surface area contributed by atoms with Crippen LogP contribution in [0.4, 0.5) is 4.39 Å². The third kappa shape index (κ3) is 5.51. The number of ether oxygens (including phenoxy) is 1. The summed E-state index contributed by atoms with van der Waals surface area (Å²) in [6.45, 7) is 2.23. The summed E-state index contributed by atoms with van der Waals surface area (Å²) < 4.78 is 20.3. The van der Waals surface area contributed by atoms with Gasteiger partial charge < -0.3 is 10.1 Å². The highest BCUT2D eigenvalue weighted by molar-refractivity contribution is 9.10. The topological polar surface area (TPSA) is 21.3 Å². The molecule has 0 bridgehead atoms. The molecule has 0 heterocycles. The largest absolute Gasteiger partial charge is 0.378 e. The maximum absolute atomic E-state index is 13.5. The standard InChI is InChI=1S/C16H23BrFNO/c17-14-7-8-16(18)13(11-14)12-19-9-4-10-20-15-5-2-1-3-6-15/h7-8,11,15,19H,1-6,9-10,12H2. The second-order valence-electron chi connectivity index (χ2n) is 5.40. The van der Waals surface area contributed by atoms with E-state index >= 15 is 0 Å². The molecular weight excluding hydrogens is 321 g/mol. The summed E-state index contributed by atoms with van der Waals surface area (Å²) in [4.78, 5) is 0. The van der Waals surface area contributed by atoms with Gasteiger partial charge in [-0.2, -0.15) is 0 Å². The first kappa shape index (κ1) is 15.9. The van der Waals surface area contributed by atoms with Gasteiger partial charge in [0.1, 0.15) is 5.82 Å². The molecule has 20 heavy (non-hydrogen) atoms. The Kier molecular flexibility index (Phi) is 6.97. The summed E-state index contributed by atoms with van der Waals surface area (Å²) in [5.41, 5.74) is 0.701. The van der Waals surface area contributed by atoms with Crippen molar-refractivity contribution in [3.63, 3.8) is 0 Å². The van der Waals surface area contributed by atoms with Crippen molar-refractivity contribution in [2.24, 2.45) is 0 Å². The lowest BCUT2D eigenvalue weighted by atomic mass is 9.98. The van der Waals surface area contributed by atoms with Crippen LogP contribution in [0.2, 0.25) is 0 Å². The van der Waals surface area contributed by atoms with Crippen LogP contribution in [0.1, 0.15) is 44.1 Å². The van der Waals surface area contributed by atoms with Gasteiger partial charge in [0, 0.05) is 23.2 Å². The minimum Gasteiger partial charge on any atom is -0.378 e. The number of hydrogen-bond acceptors (Lipinski definition) is 2. The van der Waals surface area contributed by atoms with E-state index in [1.165, 1.54) is 38.2 Å². The first-order valence-corrected chi connectivity index (χ1v) is 8.31. The third-order valence-corrected chi connectivity index (χ3v) is 4.22. The summed E-state index contributed by atoms with van der Waals surface area (Å²) in [6.07, 6.45) is 7.88. The average molecular weight is 344 g/mol. The van der Waals surface area contributed by atoms with Crippen molar-refractivity contribution in [3.8, 4) is 0 Å². The molecule has 1 fully saturated rings. The van der Waals surface area contributed by atoms with Crippen LogP contribution in [0, 0.1) is 5.82 Å². The Morgan fingerprint density at radius 1 is 1.25 bits per heavy atom. The van der Waals surface area contributed by atoms with Crippen LogP contribution in [-0.2, 0) is 11.3 Å². The number of nitrogens with one attached hydrogen (secondary N) is 1. The van der Waals surface area contributed by atoms with Gasteiger partial charge in [0.05, 0.1) is 6.10 Å². The van der Waals surface area contributed by atoms with E-state index in [4.69, 9.17) is 4.74 Å². The average Bonchev–Trinajstić information content (AvgIpc) is 2.47. The number of benzene rings is 1. The first-order chi connectivity index (χ1) is 9.75. The Morgan fingerprint density at radius 2 is 2.05 bits per heavy atom. The van der Waals surface area contributed by atoms with Crippen molar-refractivity contribution in [3.05, 3.63) is 34.1 Å². The summed E-state index contributed by atoms with van der Waals surface area (Å²) in [5, 5.41) is 3.27. The normalized spacial score (nSPS) is 16.5. The van der Waals surface area contributed by atoms with Crippen molar-refractivity contribution in [2.75, 3.05) is 13.2 Å². The van der Waals surface area contributed by atoms with Crippen LogP contribution in [0.5, 0.6) is 0 Å². The molecule has 1 N–H and O–H groups in total. The zero-order chi connectivity index (χ0) is 14.2. The zero-order valence-electron chi connectivity index (χ0n) is 11.8. The van der Waals surface area contributed by atoms with Crippen molar-refractivity contribution in [1.82, 2.24) is 5.32 Å². The quantitative estimate of drug-likeness (QED) is 0.740. The Balaban J connectivity index is 1.56. The van der Waals surface area contributed by atoms with Crippen LogP contribution in [0.15, 0.2) is 22.7 Å². The Morgan fingerprint density at radius 3 is 2.85 bits per heavy atom. The molecule has 1 aromatic carbocycles. The van der Waals surface area contributed by atoms with Crippen molar-refractivity contribution < 1.29 is 9.13 Å². The lowest BCUT2D eigenvalue weighted by Crippen LogP contribution is -2.21. The molecule has 4 heteroatoms. The van der Waals surface area contributed by atoms with Crippen LogP contribution in [-0.4, -0.2) is 19.3 Å². The van der Waals surface area contributed by atoms with Gasteiger partial charge in [-0.15, -0.1) is 0 Å². The fourth-order valence-electron chi connectivity index (χ4n) is 2.58. The number of hydrogen-bond donors (Lipinski definition) is 1. The maximum Gasteiger partial charge on any atom is 0.127 e. The van der Waals surface area contributed by atoms with Crippen LogP contribution in [0.3, 0.4) is 0 Å². The smallest absolute Gasteiger partial charge is 0.127 e. The molecule has 1 aromatic rings. The molecule has 0 aromatic heterocycles. The molecule has 0 aliphatic heterocycles. The Bertz CT molecular complexity index is 407. The molecule has 1 saturated carbocycles. The molecule has 0 saturated heterocycles. The number of halogens is 2. The minimum absolute atomic E-state index is 0.154. The van der Waals surface area contributed by atoms with E-state index < -0.39 is 0 Å². The lowest BCUT2D eigenvalue weighted by Gasteiger charge is -2.21. The van der Waals surface area contributed by atoms with Crippen molar-refractivity contribution in [2.45, 2.75) is 51.2 Å². The zero-order valence-corrected chi connectivity index (χ0v) is 13.4. The molecule has 2 nitrogen and oxygen atoms in total. The molecule has 0 spiro atoms.